The fourth-order valence-electron chi connectivity index (χ4n) is 2.57. The molecule has 2 aromatic rings. The zero-order valence-electron chi connectivity index (χ0n) is 15.8. The van der Waals surface area contributed by atoms with Gasteiger partial charge in [0.15, 0.2) is 5.96 Å². The Morgan fingerprint density at radius 2 is 2.04 bits per heavy atom. The normalized spacial score (nSPS) is 12.1. The molecule has 0 radical (unpaired) electrons. The Kier molecular flexibility index (Phi) is 9.55. The van der Waals surface area contributed by atoms with Gasteiger partial charge in [-0.25, -0.2) is 14.4 Å². The number of hydrogen-bond donors (Lipinski definition) is 2. The van der Waals surface area contributed by atoms with Crippen LogP contribution < -0.4 is 10.6 Å². The third kappa shape index (κ3) is 6.54. The molecule has 0 atom stereocenters. The Hall–Kier alpha value is -1.49. The van der Waals surface area contributed by atoms with Gasteiger partial charge in [0.25, 0.3) is 0 Å². The smallest absolute Gasteiger partial charge is 0.319 e. The van der Waals surface area contributed by atoms with E-state index in [0.29, 0.717) is 24.1 Å². The maximum atomic E-state index is 13.3. The summed E-state index contributed by atoms with van der Waals surface area (Å²) in [7, 11) is 0. The summed E-state index contributed by atoms with van der Waals surface area (Å²) in [5, 5.41) is 6.59. The van der Waals surface area contributed by atoms with Crippen molar-refractivity contribution in [2.75, 3.05) is 13.1 Å². The van der Waals surface area contributed by atoms with Crippen molar-refractivity contribution in [3.8, 4) is 0 Å². The molecule has 10 heteroatoms. The van der Waals surface area contributed by atoms with Gasteiger partial charge in [0.05, 0.1) is 0 Å². The summed E-state index contributed by atoms with van der Waals surface area (Å²) < 4.78 is 39.8. The minimum absolute atomic E-state index is 0. The number of imidazole rings is 1. The molecule has 156 valence electrons. The van der Waals surface area contributed by atoms with E-state index in [4.69, 9.17) is 11.6 Å². The highest BCUT2D eigenvalue weighted by molar-refractivity contribution is 14.0. The Morgan fingerprint density at radius 3 is 2.64 bits per heavy atom. The molecule has 1 aromatic heterocycles. The van der Waals surface area contributed by atoms with Crippen LogP contribution in [0.1, 0.15) is 38.7 Å². The predicted molar refractivity (Wildman–Crippen MR) is 116 cm³/mol. The van der Waals surface area contributed by atoms with Crippen LogP contribution in [-0.2, 0) is 12.0 Å². The fraction of sp³-hybridized carbons (Fsp3) is 0.444. The number of nitrogens with one attached hydrogen (secondary N) is 2. The molecular formula is C18H24ClF3IN5. The van der Waals surface area contributed by atoms with Gasteiger partial charge < -0.3 is 10.6 Å². The second-order valence-corrected chi connectivity index (χ2v) is 6.99. The van der Waals surface area contributed by atoms with Gasteiger partial charge in [-0.2, -0.15) is 8.78 Å². The van der Waals surface area contributed by atoms with Crippen molar-refractivity contribution < 1.29 is 13.2 Å². The van der Waals surface area contributed by atoms with Gasteiger partial charge in [-0.1, -0.05) is 31.5 Å². The highest BCUT2D eigenvalue weighted by Crippen LogP contribution is 2.29. The highest BCUT2D eigenvalue weighted by atomic mass is 127. The van der Waals surface area contributed by atoms with E-state index in [1.807, 2.05) is 20.8 Å². The summed E-state index contributed by atoms with van der Waals surface area (Å²) in [6.07, 6.45) is 2.53. The lowest BCUT2D eigenvalue weighted by Gasteiger charge is -2.27. The molecule has 28 heavy (non-hydrogen) atoms. The number of halogens is 5. The van der Waals surface area contributed by atoms with E-state index in [1.165, 1.54) is 24.5 Å². The second kappa shape index (κ2) is 10.9. The van der Waals surface area contributed by atoms with E-state index in [2.05, 4.69) is 20.6 Å². The molecule has 0 saturated carbocycles. The van der Waals surface area contributed by atoms with Crippen LogP contribution in [0, 0.1) is 5.82 Å². The molecule has 0 unspecified atom stereocenters. The standard InChI is InChI=1S/C18H23ClF3N5.HI/c1-4-23-17(25-10-15-24-7-8-27(15)16(21)22)26-11-18(2,3)13-6-5-12(20)9-14(13)19;/h5-9,16H,4,10-11H2,1-3H3,(H2,23,25,26);1H. The van der Waals surface area contributed by atoms with Crippen LogP contribution in [0.4, 0.5) is 13.2 Å². The van der Waals surface area contributed by atoms with Crippen molar-refractivity contribution in [3.63, 3.8) is 0 Å². The molecular weight excluding hydrogens is 506 g/mol. The van der Waals surface area contributed by atoms with E-state index in [9.17, 15) is 13.2 Å². The van der Waals surface area contributed by atoms with Crippen LogP contribution in [0.2, 0.25) is 5.02 Å². The summed E-state index contributed by atoms with van der Waals surface area (Å²) >= 11 is 6.17. The Morgan fingerprint density at radius 1 is 1.32 bits per heavy atom. The van der Waals surface area contributed by atoms with Crippen LogP contribution in [0.15, 0.2) is 35.6 Å². The molecule has 0 aliphatic carbocycles. The first-order valence-corrected chi connectivity index (χ1v) is 8.90. The van der Waals surface area contributed by atoms with Crippen molar-refractivity contribution in [1.82, 2.24) is 20.2 Å². The average Bonchev–Trinajstić information content (AvgIpc) is 3.06. The average molecular weight is 530 g/mol. The number of benzene rings is 1. The number of guanidine groups is 1. The first-order chi connectivity index (χ1) is 12.7. The van der Waals surface area contributed by atoms with Crippen molar-refractivity contribution in [3.05, 3.63) is 52.8 Å². The number of aliphatic imine (C=N–C) groups is 1. The minimum atomic E-state index is -2.66. The largest absolute Gasteiger partial charge is 0.357 e. The van der Waals surface area contributed by atoms with Gasteiger partial charge in [-0.3, -0.25) is 4.57 Å². The first kappa shape index (κ1) is 24.5. The fourth-order valence-corrected chi connectivity index (χ4v) is 3.00. The van der Waals surface area contributed by atoms with Crippen LogP contribution in [0.5, 0.6) is 0 Å². The van der Waals surface area contributed by atoms with Gasteiger partial charge in [-0.05, 0) is 24.6 Å². The maximum Gasteiger partial charge on any atom is 0.319 e. The third-order valence-electron chi connectivity index (χ3n) is 4.04. The van der Waals surface area contributed by atoms with Crippen LogP contribution >= 0.6 is 35.6 Å². The first-order valence-electron chi connectivity index (χ1n) is 8.52. The topological polar surface area (TPSA) is 54.2 Å². The lowest BCUT2D eigenvalue weighted by atomic mass is 9.84. The molecule has 0 bridgehead atoms. The monoisotopic (exact) mass is 529 g/mol. The van der Waals surface area contributed by atoms with Gasteiger partial charge >= 0.3 is 6.55 Å². The molecule has 5 nitrogen and oxygen atoms in total. The van der Waals surface area contributed by atoms with Crippen LogP contribution in [0.3, 0.4) is 0 Å². The van der Waals surface area contributed by atoms with Crippen molar-refractivity contribution >= 4 is 41.5 Å². The van der Waals surface area contributed by atoms with Crippen molar-refractivity contribution in [1.29, 1.82) is 0 Å². The van der Waals surface area contributed by atoms with Crippen LogP contribution in [-0.4, -0.2) is 28.6 Å². The Labute approximate surface area is 184 Å². The van der Waals surface area contributed by atoms with E-state index in [-0.39, 0.29) is 36.3 Å². The Bertz CT molecular complexity index is 795. The minimum Gasteiger partial charge on any atom is -0.357 e. The quantitative estimate of drug-likeness (QED) is 0.310. The zero-order chi connectivity index (χ0) is 20.0. The summed E-state index contributed by atoms with van der Waals surface area (Å²) in [4.78, 5) is 8.23. The number of alkyl halides is 2. The molecule has 0 spiro atoms. The van der Waals surface area contributed by atoms with E-state index in [1.54, 1.807) is 6.07 Å². The number of hydrogen-bond acceptors (Lipinski definition) is 2. The number of nitrogens with zero attached hydrogens (tertiary/aromatic N) is 3. The molecule has 2 N–H and O–H groups in total. The van der Waals surface area contributed by atoms with Gasteiger partial charge in [0.1, 0.15) is 18.2 Å². The highest BCUT2D eigenvalue weighted by Gasteiger charge is 2.24. The summed E-state index contributed by atoms with van der Waals surface area (Å²) in [6.45, 7) is 4.23. The predicted octanol–water partition coefficient (Wildman–Crippen LogP) is 4.72. The van der Waals surface area contributed by atoms with E-state index in [0.717, 1.165) is 10.1 Å². The second-order valence-electron chi connectivity index (χ2n) is 6.59. The molecule has 1 aromatic carbocycles. The van der Waals surface area contributed by atoms with Crippen molar-refractivity contribution in [2.45, 2.75) is 39.3 Å². The molecule has 0 amide bonds. The molecule has 0 aliphatic rings. The lowest BCUT2D eigenvalue weighted by molar-refractivity contribution is 0.0671. The SMILES string of the molecule is CCNC(=NCc1nccn1C(F)F)NCC(C)(C)c1ccc(F)cc1Cl.I. The zero-order valence-corrected chi connectivity index (χ0v) is 18.9. The molecule has 0 aliphatic heterocycles. The lowest BCUT2D eigenvalue weighted by Crippen LogP contribution is -2.43. The van der Waals surface area contributed by atoms with Gasteiger partial charge in [0, 0.05) is 35.9 Å². The van der Waals surface area contributed by atoms with Gasteiger partial charge in [0.2, 0.25) is 0 Å². The molecule has 0 saturated heterocycles. The van der Waals surface area contributed by atoms with E-state index < -0.39 is 17.8 Å². The summed E-state index contributed by atoms with van der Waals surface area (Å²) in [5.74, 6) is 0.243. The van der Waals surface area contributed by atoms with E-state index >= 15 is 0 Å². The third-order valence-corrected chi connectivity index (χ3v) is 4.35. The Balaban J connectivity index is 0.00000392. The molecule has 1 heterocycles. The number of rotatable bonds is 7. The maximum absolute atomic E-state index is 13.3. The summed E-state index contributed by atoms with van der Waals surface area (Å²) in [6, 6.07) is 4.30. The number of aromatic nitrogens is 2. The van der Waals surface area contributed by atoms with Gasteiger partial charge in [-0.15, -0.1) is 24.0 Å². The van der Waals surface area contributed by atoms with Crippen molar-refractivity contribution in [2.24, 2.45) is 4.99 Å². The molecule has 0 fully saturated rings. The molecule has 2 rings (SSSR count). The summed E-state index contributed by atoms with van der Waals surface area (Å²) in [5.41, 5.74) is 0.379. The van der Waals surface area contributed by atoms with Crippen LogP contribution in [0.25, 0.3) is 0 Å².